The Bertz CT molecular complexity index is 1490. The molecule has 2 aromatic carbocycles. The van der Waals surface area contributed by atoms with E-state index in [1.807, 2.05) is 36.6 Å². The minimum Gasteiger partial charge on any atom is -0.347 e. The van der Waals surface area contributed by atoms with Gasteiger partial charge in [-0.2, -0.15) is 5.10 Å². The van der Waals surface area contributed by atoms with E-state index in [9.17, 15) is 9.59 Å². The molecule has 0 atom stereocenters. The summed E-state index contributed by atoms with van der Waals surface area (Å²) in [7, 11) is 0. The lowest BCUT2D eigenvalue weighted by Crippen LogP contribution is -2.44. The number of hydrogen-bond donors (Lipinski definition) is 2. The van der Waals surface area contributed by atoms with Gasteiger partial charge in [0.05, 0.1) is 22.3 Å². The second-order valence-corrected chi connectivity index (χ2v) is 10.1. The third-order valence-corrected chi connectivity index (χ3v) is 7.55. The van der Waals surface area contributed by atoms with Crippen LogP contribution in [0.1, 0.15) is 34.6 Å². The highest BCUT2D eigenvalue weighted by atomic mass is 32.1. The number of H-pyrrole nitrogens is 1. The topological polar surface area (TPSA) is 81.3 Å². The van der Waals surface area contributed by atoms with Crippen molar-refractivity contribution in [2.75, 3.05) is 9.80 Å². The molecule has 3 heterocycles. The number of fused-ring (bicyclic) bond motifs is 1. The molecule has 178 valence electrons. The number of aromatic nitrogens is 2. The van der Waals surface area contributed by atoms with Crippen LogP contribution in [0.4, 0.5) is 15.8 Å². The van der Waals surface area contributed by atoms with Gasteiger partial charge in [-0.3, -0.25) is 19.6 Å². The summed E-state index contributed by atoms with van der Waals surface area (Å²) in [5.74, 6) is -0.955. The number of rotatable bonds is 5. The van der Waals surface area contributed by atoms with Gasteiger partial charge in [0.25, 0.3) is 11.8 Å². The average Bonchev–Trinajstić information content (AvgIpc) is 3.51. The second-order valence-electron chi connectivity index (χ2n) is 8.82. The van der Waals surface area contributed by atoms with Crippen LogP contribution < -0.4 is 15.1 Å². The van der Waals surface area contributed by atoms with Crippen LogP contribution in [0.2, 0.25) is 0 Å². The number of thiocarbonyl (C=S) groups is 1. The molecule has 35 heavy (non-hydrogen) atoms. The Morgan fingerprint density at radius 1 is 1.26 bits per heavy atom. The van der Waals surface area contributed by atoms with Crippen molar-refractivity contribution < 1.29 is 14.0 Å². The molecule has 1 fully saturated rings. The molecular formula is C25H22FN5O2S2. The normalized spacial score (nSPS) is 15.3. The van der Waals surface area contributed by atoms with Crippen LogP contribution in [0, 0.1) is 12.7 Å². The summed E-state index contributed by atoms with van der Waals surface area (Å²) in [6.07, 6.45) is 1.65. The lowest BCUT2D eigenvalue weighted by molar-refractivity contribution is -0.120. The van der Waals surface area contributed by atoms with Crippen LogP contribution in [0.25, 0.3) is 10.9 Å². The summed E-state index contributed by atoms with van der Waals surface area (Å²) < 4.78 is 15.1. The molecule has 0 radical (unpaired) electrons. The summed E-state index contributed by atoms with van der Waals surface area (Å²) in [5.41, 5.74) is 2.04. The zero-order valence-electron chi connectivity index (χ0n) is 19.3. The van der Waals surface area contributed by atoms with Crippen molar-refractivity contribution in [3.8, 4) is 0 Å². The fourth-order valence-corrected chi connectivity index (χ4v) is 5.62. The van der Waals surface area contributed by atoms with Gasteiger partial charge in [0.1, 0.15) is 11.4 Å². The maximum absolute atomic E-state index is 15.1. The van der Waals surface area contributed by atoms with Crippen molar-refractivity contribution in [2.45, 2.75) is 32.9 Å². The van der Waals surface area contributed by atoms with E-state index in [0.717, 1.165) is 16.5 Å². The van der Waals surface area contributed by atoms with Gasteiger partial charge in [0.2, 0.25) is 0 Å². The number of nitrogens with zero attached hydrogens (tertiary/aromatic N) is 3. The van der Waals surface area contributed by atoms with Gasteiger partial charge < -0.3 is 10.2 Å². The Morgan fingerprint density at radius 2 is 2.06 bits per heavy atom. The fraction of sp³-hybridized carbons (Fsp3) is 0.200. The number of aryl methyl sites for hydroxylation is 1. The van der Waals surface area contributed by atoms with Crippen molar-refractivity contribution in [3.05, 3.63) is 75.9 Å². The molecule has 10 heteroatoms. The summed E-state index contributed by atoms with van der Waals surface area (Å²) in [6, 6.07) is 12.0. The van der Waals surface area contributed by atoms with Crippen molar-refractivity contribution >= 4 is 62.8 Å². The average molecular weight is 508 g/mol. The molecule has 1 saturated heterocycles. The Hall–Kier alpha value is -3.63. The van der Waals surface area contributed by atoms with Crippen LogP contribution in [0.5, 0.6) is 0 Å². The molecular weight excluding hydrogens is 485 g/mol. The number of hydrogen-bond acceptors (Lipinski definition) is 5. The Labute approximate surface area is 210 Å². The van der Waals surface area contributed by atoms with Crippen LogP contribution in [-0.2, 0) is 11.3 Å². The number of nitrogens with one attached hydrogen (secondary N) is 2. The maximum atomic E-state index is 15.1. The van der Waals surface area contributed by atoms with Gasteiger partial charge in [0.15, 0.2) is 5.11 Å². The minimum absolute atomic E-state index is 0.0453. The van der Waals surface area contributed by atoms with E-state index in [4.69, 9.17) is 12.2 Å². The molecule has 5 rings (SSSR count). The van der Waals surface area contributed by atoms with Crippen molar-refractivity contribution in [2.24, 2.45) is 0 Å². The molecule has 0 saturated carbocycles. The van der Waals surface area contributed by atoms with Crippen LogP contribution in [0.3, 0.4) is 0 Å². The van der Waals surface area contributed by atoms with E-state index in [0.29, 0.717) is 21.8 Å². The van der Waals surface area contributed by atoms with E-state index < -0.39 is 11.4 Å². The van der Waals surface area contributed by atoms with Gasteiger partial charge in [-0.1, -0.05) is 12.1 Å². The number of carbonyl (C=O) groups is 2. The molecule has 7 nitrogen and oxygen atoms in total. The Balaban J connectivity index is 1.42. The predicted molar refractivity (Wildman–Crippen MR) is 139 cm³/mol. The lowest BCUT2D eigenvalue weighted by Gasteiger charge is -2.29. The van der Waals surface area contributed by atoms with Gasteiger partial charge in [-0.25, -0.2) is 4.39 Å². The highest BCUT2D eigenvalue weighted by Gasteiger charge is 2.50. The largest absolute Gasteiger partial charge is 0.347 e. The zero-order valence-corrected chi connectivity index (χ0v) is 20.9. The summed E-state index contributed by atoms with van der Waals surface area (Å²) in [4.78, 5) is 29.6. The standard InChI is InChI=1S/C25H22FN5O2S2/c1-14-9-10-35-21(14)22(32)27-12-15-7-8-16(11-18(15)26)31-24(34)30(23(33)25(31,2)3)20-6-4-5-19-17(20)13-28-29-19/h4-11,13H,12H2,1-3H3,(H,27,32)(H,28,29). The van der Waals surface area contributed by atoms with Crippen molar-refractivity contribution in [1.29, 1.82) is 0 Å². The molecule has 0 aliphatic carbocycles. The monoisotopic (exact) mass is 507 g/mol. The SMILES string of the molecule is Cc1ccsc1C(=O)NCc1ccc(N2C(=S)N(c3cccc4[nH]ncc34)C(=O)C2(C)C)cc1F. The van der Waals surface area contributed by atoms with E-state index >= 15 is 4.39 Å². The van der Waals surface area contributed by atoms with E-state index in [2.05, 4.69) is 15.5 Å². The Morgan fingerprint density at radius 3 is 2.77 bits per heavy atom. The highest BCUT2D eigenvalue weighted by molar-refractivity contribution is 7.81. The molecule has 0 bridgehead atoms. The Kier molecular flexibility index (Phi) is 5.65. The molecule has 4 aromatic rings. The first-order chi connectivity index (χ1) is 16.7. The lowest BCUT2D eigenvalue weighted by atomic mass is 10.0. The first-order valence-corrected chi connectivity index (χ1v) is 12.2. The molecule has 2 N–H and O–H groups in total. The number of amides is 2. The zero-order chi connectivity index (χ0) is 24.9. The number of aromatic amines is 1. The predicted octanol–water partition coefficient (Wildman–Crippen LogP) is 4.92. The van der Waals surface area contributed by atoms with E-state index in [1.54, 1.807) is 37.1 Å². The fourth-order valence-electron chi connectivity index (χ4n) is 4.27. The molecule has 1 aliphatic heterocycles. The van der Waals surface area contributed by atoms with E-state index in [1.165, 1.54) is 22.3 Å². The highest BCUT2D eigenvalue weighted by Crippen LogP contribution is 2.38. The van der Waals surface area contributed by atoms with Crippen molar-refractivity contribution in [1.82, 2.24) is 15.5 Å². The first-order valence-electron chi connectivity index (χ1n) is 10.9. The number of thiophene rings is 1. The van der Waals surface area contributed by atoms with Gasteiger partial charge in [0, 0.05) is 23.2 Å². The van der Waals surface area contributed by atoms with Gasteiger partial charge >= 0.3 is 0 Å². The van der Waals surface area contributed by atoms with E-state index in [-0.39, 0.29) is 23.5 Å². The van der Waals surface area contributed by atoms with Gasteiger partial charge in [-0.05, 0) is 74.3 Å². The van der Waals surface area contributed by atoms with Crippen LogP contribution >= 0.6 is 23.6 Å². The molecule has 2 aromatic heterocycles. The quantitative estimate of drug-likeness (QED) is 0.375. The van der Waals surface area contributed by atoms with Crippen molar-refractivity contribution in [3.63, 3.8) is 0 Å². The molecule has 1 aliphatic rings. The number of halogens is 1. The maximum Gasteiger partial charge on any atom is 0.261 e. The molecule has 0 spiro atoms. The minimum atomic E-state index is -1.04. The third kappa shape index (κ3) is 3.78. The molecule has 2 amide bonds. The second kappa shape index (κ2) is 8.54. The summed E-state index contributed by atoms with van der Waals surface area (Å²) >= 11 is 7.08. The first kappa shape index (κ1) is 23.1. The summed E-state index contributed by atoms with van der Waals surface area (Å²) in [6.45, 7) is 5.42. The van der Waals surface area contributed by atoms with Crippen LogP contribution in [0.15, 0.2) is 54.0 Å². The van der Waals surface area contributed by atoms with Crippen LogP contribution in [-0.4, -0.2) is 32.7 Å². The number of anilines is 2. The number of benzene rings is 2. The third-order valence-electron chi connectivity index (χ3n) is 6.17. The smallest absolute Gasteiger partial charge is 0.261 e. The summed E-state index contributed by atoms with van der Waals surface area (Å²) in [5, 5.41) is 12.6. The molecule has 0 unspecified atom stereocenters. The van der Waals surface area contributed by atoms with Gasteiger partial charge in [-0.15, -0.1) is 11.3 Å². The number of carbonyl (C=O) groups excluding carboxylic acids is 2.